The largest absolute Gasteiger partial charge is 0.467 e. The maximum absolute atomic E-state index is 11.8. The minimum atomic E-state index is 0.166. The molecule has 1 aromatic rings. The quantitative estimate of drug-likeness (QED) is 0.867. The van der Waals surface area contributed by atoms with Crippen molar-refractivity contribution in [2.75, 3.05) is 43.5 Å². The Morgan fingerprint density at radius 1 is 1.16 bits per heavy atom. The Morgan fingerprint density at radius 3 is 2.60 bits per heavy atom. The number of likely N-dealkylation sites (tertiary alicyclic amines) is 1. The second-order valence-electron chi connectivity index (χ2n) is 6.67. The van der Waals surface area contributed by atoms with Crippen molar-refractivity contribution in [3.63, 3.8) is 0 Å². The van der Waals surface area contributed by atoms with Gasteiger partial charge in [-0.05, 0) is 19.3 Å². The molecule has 0 aliphatic carbocycles. The molecule has 0 saturated carbocycles. The molecule has 3 heterocycles. The zero-order valence-electron chi connectivity index (χ0n) is 15.2. The average molecular weight is 348 g/mol. The van der Waals surface area contributed by atoms with Gasteiger partial charge in [-0.15, -0.1) is 0 Å². The van der Waals surface area contributed by atoms with Crippen molar-refractivity contribution >= 4 is 17.8 Å². The molecule has 3 rings (SSSR count). The number of anilines is 2. The van der Waals surface area contributed by atoms with Gasteiger partial charge in [0.15, 0.2) is 0 Å². The molecule has 2 fully saturated rings. The Kier molecular flexibility index (Phi) is 5.88. The first-order valence-electron chi connectivity index (χ1n) is 9.29. The third kappa shape index (κ3) is 4.49. The SMILES string of the molecule is CCC(=O)N1CCC(Nc2nc(OC)nc(N3CCCCCC3)n2)C1. The van der Waals surface area contributed by atoms with Crippen molar-refractivity contribution in [1.82, 2.24) is 19.9 Å². The van der Waals surface area contributed by atoms with Crippen molar-refractivity contribution in [1.29, 1.82) is 0 Å². The monoisotopic (exact) mass is 348 g/mol. The van der Waals surface area contributed by atoms with E-state index in [0.29, 0.717) is 30.9 Å². The van der Waals surface area contributed by atoms with Crippen LogP contribution in [0.1, 0.15) is 45.4 Å². The summed E-state index contributed by atoms with van der Waals surface area (Å²) >= 11 is 0. The molecule has 2 saturated heterocycles. The number of methoxy groups -OCH3 is 1. The summed E-state index contributed by atoms with van der Waals surface area (Å²) in [6, 6.07) is 0.496. The van der Waals surface area contributed by atoms with Crippen molar-refractivity contribution in [2.45, 2.75) is 51.5 Å². The van der Waals surface area contributed by atoms with E-state index in [4.69, 9.17) is 4.74 Å². The zero-order chi connectivity index (χ0) is 17.6. The molecule has 1 atom stereocenters. The molecule has 1 amide bonds. The number of hydrogen-bond donors (Lipinski definition) is 1. The predicted molar refractivity (Wildman–Crippen MR) is 96.0 cm³/mol. The number of rotatable bonds is 5. The van der Waals surface area contributed by atoms with Gasteiger partial charge >= 0.3 is 6.01 Å². The van der Waals surface area contributed by atoms with Crippen molar-refractivity contribution < 1.29 is 9.53 Å². The molecule has 2 aliphatic rings. The molecule has 0 bridgehead atoms. The molecule has 2 aliphatic heterocycles. The van der Waals surface area contributed by atoms with Crippen molar-refractivity contribution in [3.8, 4) is 6.01 Å². The number of carbonyl (C=O) groups excluding carboxylic acids is 1. The van der Waals surface area contributed by atoms with E-state index >= 15 is 0 Å². The number of hydrogen-bond acceptors (Lipinski definition) is 7. The van der Waals surface area contributed by atoms with E-state index < -0.39 is 0 Å². The van der Waals surface area contributed by atoms with Crippen LogP contribution in [0.3, 0.4) is 0 Å². The Labute approximate surface area is 149 Å². The number of amides is 1. The molecular weight excluding hydrogens is 320 g/mol. The smallest absolute Gasteiger partial charge is 0.322 e. The van der Waals surface area contributed by atoms with Crippen LogP contribution < -0.4 is 15.0 Å². The lowest BCUT2D eigenvalue weighted by atomic mass is 10.2. The Morgan fingerprint density at radius 2 is 1.92 bits per heavy atom. The first-order valence-corrected chi connectivity index (χ1v) is 9.29. The number of nitrogens with zero attached hydrogens (tertiary/aromatic N) is 5. The van der Waals surface area contributed by atoms with Gasteiger partial charge in [0, 0.05) is 38.6 Å². The van der Waals surface area contributed by atoms with Crippen LogP contribution >= 0.6 is 0 Å². The van der Waals surface area contributed by atoms with Gasteiger partial charge in [-0.2, -0.15) is 15.0 Å². The standard InChI is InChI=1S/C17H28N6O2/c1-3-14(24)23-11-8-13(12-23)18-15-19-16(21-17(20-15)25-2)22-9-6-4-5-7-10-22/h13H,3-12H2,1-2H3,(H,18,19,20,21). The fraction of sp³-hybridized carbons (Fsp3) is 0.765. The minimum Gasteiger partial charge on any atom is -0.467 e. The van der Waals surface area contributed by atoms with Crippen molar-refractivity contribution in [3.05, 3.63) is 0 Å². The highest BCUT2D eigenvalue weighted by Gasteiger charge is 2.26. The van der Waals surface area contributed by atoms with E-state index in [9.17, 15) is 4.79 Å². The van der Waals surface area contributed by atoms with E-state index in [-0.39, 0.29) is 11.9 Å². The lowest BCUT2D eigenvalue weighted by molar-refractivity contribution is -0.129. The fourth-order valence-electron chi connectivity index (χ4n) is 3.42. The molecular formula is C17H28N6O2. The van der Waals surface area contributed by atoms with Crippen LogP contribution in [-0.2, 0) is 4.79 Å². The summed E-state index contributed by atoms with van der Waals surface area (Å²) in [5.41, 5.74) is 0. The lowest BCUT2D eigenvalue weighted by Gasteiger charge is -2.21. The Balaban J connectivity index is 1.70. The van der Waals surface area contributed by atoms with Gasteiger partial charge < -0.3 is 19.9 Å². The highest BCUT2D eigenvalue weighted by atomic mass is 16.5. The summed E-state index contributed by atoms with van der Waals surface area (Å²) in [6.45, 7) is 5.31. The molecule has 1 unspecified atom stereocenters. The second-order valence-corrected chi connectivity index (χ2v) is 6.67. The van der Waals surface area contributed by atoms with Crippen LogP contribution in [0.15, 0.2) is 0 Å². The van der Waals surface area contributed by atoms with Gasteiger partial charge in [-0.25, -0.2) is 0 Å². The highest BCUT2D eigenvalue weighted by molar-refractivity contribution is 5.76. The van der Waals surface area contributed by atoms with Crippen LogP contribution in [0, 0.1) is 0 Å². The molecule has 0 aromatic carbocycles. The highest BCUT2D eigenvalue weighted by Crippen LogP contribution is 2.21. The predicted octanol–water partition coefficient (Wildman–Crippen LogP) is 1.68. The van der Waals surface area contributed by atoms with Crippen LogP contribution in [-0.4, -0.2) is 65.1 Å². The second kappa shape index (κ2) is 8.31. The molecule has 25 heavy (non-hydrogen) atoms. The summed E-state index contributed by atoms with van der Waals surface area (Å²) in [5, 5.41) is 3.36. The molecule has 138 valence electrons. The Hall–Kier alpha value is -2.12. The zero-order valence-corrected chi connectivity index (χ0v) is 15.2. The van der Waals surface area contributed by atoms with Crippen LogP contribution in [0.4, 0.5) is 11.9 Å². The summed E-state index contributed by atoms with van der Waals surface area (Å²) in [7, 11) is 1.57. The number of aromatic nitrogens is 3. The third-order valence-corrected chi connectivity index (χ3v) is 4.85. The summed E-state index contributed by atoms with van der Waals surface area (Å²) in [5.74, 6) is 1.40. The average Bonchev–Trinajstić information content (AvgIpc) is 2.93. The molecule has 1 N–H and O–H groups in total. The molecule has 0 spiro atoms. The van der Waals surface area contributed by atoms with Crippen LogP contribution in [0.25, 0.3) is 0 Å². The van der Waals surface area contributed by atoms with Gasteiger partial charge in [-0.1, -0.05) is 19.8 Å². The van der Waals surface area contributed by atoms with E-state index in [1.165, 1.54) is 12.8 Å². The Bertz CT molecular complexity index is 589. The van der Waals surface area contributed by atoms with Gasteiger partial charge in [0.05, 0.1) is 7.11 Å². The topological polar surface area (TPSA) is 83.5 Å². The van der Waals surface area contributed by atoms with Crippen molar-refractivity contribution in [2.24, 2.45) is 0 Å². The molecule has 8 heteroatoms. The van der Waals surface area contributed by atoms with E-state index in [2.05, 4.69) is 25.2 Å². The fourth-order valence-corrected chi connectivity index (χ4v) is 3.42. The molecule has 1 aromatic heterocycles. The third-order valence-electron chi connectivity index (χ3n) is 4.85. The number of ether oxygens (including phenoxy) is 1. The summed E-state index contributed by atoms with van der Waals surface area (Å²) < 4.78 is 5.27. The van der Waals surface area contributed by atoms with Crippen LogP contribution in [0.2, 0.25) is 0 Å². The first-order chi connectivity index (χ1) is 12.2. The molecule has 8 nitrogen and oxygen atoms in total. The summed E-state index contributed by atoms with van der Waals surface area (Å²) in [6.07, 6.45) is 6.28. The molecule has 0 radical (unpaired) electrons. The number of carbonyl (C=O) groups is 1. The maximum Gasteiger partial charge on any atom is 0.322 e. The van der Waals surface area contributed by atoms with E-state index in [1.54, 1.807) is 7.11 Å². The summed E-state index contributed by atoms with van der Waals surface area (Å²) in [4.78, 5) is 29.3. The van der Waals surface area contributed by atoms with Crippen LogP contribution in [0.5, 0.6) is 6.01 Å². The number of nitrogens with one attached hydrogen (secondary N) is 1. The van der Waals surface area contributed by atoms with E-state index in [1.807, 2.05) is 11.8 Å². The van der Waals surface area contributed by atoms with Gasteiger partial charge in [0.2, 0.25) is 17.8 Å². The maximum atomic E-state index is 11.8. The van der Waals surface area contributed by atoms with Gasteiger partial charge in [0.25, 0.3) is 0 Å². The lowest BCUT2D eigenvalue weighted by Crippen LogP contribution is -2.31. The van der Waals surface area contributed by atoms with E-state index in [0.717, 1.165) is 38.9 Å². The van der Waals surface area contributed by atoms with Gasteiger partial charge in [0.1, 0.15) is 0 Å². The first kappa shape index (κ1) is 17.7. The normalized spacial score (nSPS) is 21.1. The van der Waals surface area contributed by atoms with Gasteiger partial charge in [-0.3, -0.25) is 4.79 Å². The minimum absolute atomic E-state index is 0.166.